The molecule has 1 atom stereocenters. The van der Waals surface area contributed by atoms with Crippen molar-refractivity contribution in [3.63, 3.8) is 0 Å². The highest BCUT2D eigenvalue weighted by molar-refractivity contribution is 5.76. The molecular formula is C14H17F2NO2. The molecule has 104 valence electrons. The van der Waals surface area contributed by atoms with Crippen LogP contribution in [-0.2, 0) is 0 Å². The molecule has 1 N–H and O–H groups in total. The van der Waals surface area contributed by atoms with Gasteiger partial charge in [-0.15, -0.1) is 0 Å². The number of halogens is 2. The number of hydrogen-bond acceptors (Lipinski definition) is 3. The van der Waals surface area contributed by atoms with E-state index in [1.165, 1.54) is 0 Å². The fraction of sp³-hybridized carbons (Fsp3) is 0.500. The zero-order valence-corrected chi connectivity index (χ0v) is 10.6. The van der Waals surface area contributed by atoms with Crippen LogP contribution in [0.15, 0.2) is 12.1 Å². The van der Waals surface area contributed by atoms with Crippen LogP contribution in [0.5, 0.6) is 0 Å². The third kappa shape index (κ3) is 2.92. The largest absolute Gasteiger partial charge is 0.394 e. The molecule has 1 fully saturated rings. The van der Waals surface area contributed by atoms with Gasteiger partial charge in [0.1, 0.15) is 23.6 Å². The molecule has 1 aromatic rings. The quantitative estimate of drug-likeness (QED) is 0.857. The molecule has 2 rings (SSSR count). The van der Waals surface area contributed by atoms with Crippen LogP contribution in [0.2, 0.25) is 0 Å². The molecular weight excluding hydrogens is 252 g/mol. The first-order valence-corrected chi connectivity index (χ1v) is 6.49. The van der Waals surface area contributed by atoms with E-state index < -0.39 is 11.6 Å². The molecule has 1 aromatic carbocycles. The third-order valence-corrected chi connectivity index (χ3v) is 3.55. The Labute approximate surface area is 110 Å². The topological polar surface area (TPSA) is 40.5 Å². The van der Waals surface area contributed by atoms with E-state index in [9.17, 15) is 18.7 Å². The smallest absolute Gasteiger partial charge is 0.150 e. The lowest BCUT2D eigenvalue weighted by molar-refractivity contribution is 0.112. The second-order valence-corrected chi connectivity index (χ2v) is 4.83. The van der Waals surface area contributed by atoms with E-state index in [0.29, 0.717) is 19.3 Å². The normalized spacial score (nSPS) is 20.2. The number of rotatable bonds is 3. The molecule has 3 nitrogen and oxygen atoms in total. The molecule has 0 aromatic heterocycles. The minimum absolute atomic E-state index is 0.0193. The molecule has 1 saturated heterocycles. The Balaban J connectivity index is 2.40. The SMILES string of the molecule is O=Cc1cc(F)c(N2CCCCCC2CO)c(F)c1. The average molecular weight is 269 g/mol. The van der Waals surface area contributed by atoms with Crippen LogP contribution in [0.1, 0.15) is 36.0 Å². The van der Waals surface area contributed by atoms with Crippen molar-refractivity contribution in [1.82, 2.24) is 0 Å². The summed E-state index contributed by atoms with van der Waals surface area (Å²) >= 11 is 0. The van der Waals surface area contributed by atoms with Gasteiger partial charge in [0.2, 0.25) is 0 Å². The molecule has 0 radical (unpaired) electrons. The molecule has 0 amide bonds. The van der Waals surface area contributed by atoms with Crippen molar-refractivity contribution in [1.29, 1.82) is 0 Å². The van der Waals surface area contributed by atoms with Crippen molar-refractivity contribution < 1.29 is 18.7 Å². The fourth-order valence-electron chi connectivity index (χ4n) is 2.59. The number of anilines is 1. The van der Waals surface area contributed by atoms with Crippen LogP contribution in [0.4, 0.5) is 14.5 Å². The van der Waals surface area contributed by atoms with Crippen LogP contribution in [0.25, 0.3) is 0 Å². The van der Waals surface area contributed by atoms with Crippen LogP contribution in [0.3, 0.4) is 0 Å². The van der Waals surface area contributed by atoms with E-state index in [2.05, 4.69) is 0 Å². The monoisotopic (exact) mass is 269 g/mol. The molecule has 1 unspecified atom stereocenters. The highest BCUT2D eigenvalue weighted by atomic mass is 19.1. The predicted molar refractivity (Wildman–Crippen MR) is 68.4 cm³/mol. The van der Waals surface area contributed by atoms with Gasteiger partial charge in [-0.2, -0.15) is 0 Å². The second-order valence-electron chi connectivity index (χ2n) is 4.83. The van der Waals surface area contributed by atoms with Gasteiger partial charge < -0.3 is 10.0 Å². The highest BCUT2D eigenvalue weighted by Crippen LogP contribution is 2.29. The molecule has 5 heteroatoms. The van der Waals surface area contributed by atoms with Gasteiger partial charge in [-0.1, -0.05) is 12.8 Å². The van der Waals surface area contributed by atoms with Crippen molar-refractivity contribution in [2.45, 2.75) is 31.7 Å². The molecule has 19 heavy (non-hydrogen) atoms. The summed E-state index contributed by atoms with van der Waals surface area (Å²) in [5, 5.41) is 9.39. The summed E-state index contributed by atoms with van der Waals surface area (Å²) in [5.74, 6) is -1.50. The van der Waals surface area contributed by atoms with Gasteiger partial charge in [-0.25, -0.2) is 8.78 Å². The van der Waals surface area contributed by atoms with E-state index in [4.69, 9.17) is 0 Å². The van der Waals surface area contributed by atoms with E-state index >= 15 is 0 Å². The van der Waals surface area contributed by atoms with E-state index in [1.54, 1.807) is 4.90 Å². The van der Waals surface area contributed by atoms with Crippen molar-refractivity contribution >= 4 is 12.0 Å². The minimum Gasteiger partial charge on any atom is -0.394 e. The van der Waals surface area contributed by atoms with E-state index in [1.807, 2.05) is 0 Å². The van der Waals surface area contributed by atoms with Crippen molar-refractivity contribution in [3.05, 3.63) is 29.3 Å². The predicted octanol–water partition coefficient (Wildman–Crippen LogP) is 2.52. The maximum absolute atomic E-state index is 14.0. The van der Waals surface area contributed by atoms with Gasteiger partial charge in [0.05, 0.1) is 12.6 Å². The molecule has 1 heterocycles. The van der Waals surface area contributed by atoms with Gasteiger partial charge in [0.15, 0.2) is 0 Å². The summed E-state index contributed by atoms with van der Waals surface area (Å²) in [6.07, 6.45) is 3.90. The average Bonchev–Trinajstić information content (AvgIpc) is 2.63. The Morgan fingerprint density at radius 1 is 1.26 bits per heavy atom. The molecule has 1 aliphatic heterocycles. The Morgan fingerprint density at radius 3 is 2.53 bits per heavy atom. The Bertz CT molecular complexity index is 442. The molecule has 0 saturated carbocycles. The zero-order valence-electron chi connectivity index (χ0n) is 10.6. The number of carbonyl (C=O) groups excluding carboxylic acids is 1. The summed E-state index contributed by atoms with van der Waals surface area (Å²) in [7, 11) is 0. The number of hydrogen-bond donors (Lipinski definition) is 1. The van der Waals surface area contributed by atoms with Gasteiger partial charge in [-0.3, -0.25) is 4.79 Å². The molecule has 0 spiro atoms. The van der Waals surface area contributed by atoms with Crippen LogP contribution < -0.4 is 4.90 Å². The van der Waals surface area contributed by atoms with Crippen molar-refractivity contribution in [2.75, 3.05) is 18.1 Å². The number of nitrogens with zero attached hydrogens (tertiary/aromatic N) is 1. The lowest BCUT2D eigenvalue weighted by Gasteiger charge is -2.31. The summed E-state index contributed by atoms with van der Waals surface area (Å²) in [4.78, 5) is 12.2. The highest BCUT2D eigenvalue weighted by Gasteiger charge is 2.26. The number of aldehydes is 1. The van der Waals surface area contributed by atoms with Gasteiger partial charge in [0, 0.05) is 12.1 Å². The van der Waals surface area contributed by atoms with Crippen LogP contribution >= 0.6 is 0 Å². The van der Waals surface area contributed by atoms with Crippen molar-refractivity contribution in [2.24, 2.45) is 0 Å². The van der Waals surface area contributed by atoms with Crippen LogP contribution in [0, 0.1) is 11.6 Å². The van der Waals surface area contributed by atoms with E-state index in [-0.39, 0.29) is 23.9 Å². The maximum atomic E-state index is 14.0. The first-order valence-electron chi connectivity index (χ1n) is 6.49. The lowest BCUT2D eigenvalue weighted by Crippen LogP contribution is -2.38. The summed E-state index contributed by atoms with van der Waals surface area (Å²) in [6.45, 7) is 0.383. The summed E-state index contributed by atoms with van der Waals surface area (Å²) < 4.78 is 28.0. The fourth-order valence-corrected chi connectivity index (χ4v) is 2.59. The van der Waals surface area contributed by atoms with Gasteiger partial charge in [0.25, 0.3) is 0 Å². The first kappa shape index (κ1) is 13.9. The Hall–Kier alpha value is -1.49. The molecule has 0 aliphatic carbocycles. The number of aliphatic hydroxyl groups excluding tert-OH is 1. The summed E-state index contributed by atoms with van der Waals surface area (Å²) in [5.41, 5.74) is -0.152. The van der Waals surface area contributed by atoms with Gasteiger partial charge in [-0.05, 0) is 25.0 Å². The zero-order chi connectivity index (χ0) is 13.8. The second kappa shape index (κ2) is 6.10. The Kier molecular flexibility index (Phi) is 4.47. The molecule has 1 aliphatic rings. The first-order chi connectivity index (χ1) is 9.17. The number of benzene rings is 1. The van der Waals surface area contributed by atoms with Crippen molar-refractivity contribution in [3.8, 4) is 0 Å². The van der Waals surface area contributed by atoms with E-state index in [0.717, 1.165) is 31.4 Å². The number of aliphatic hydroxyl groups is 1. The third-order valence-electron chi connectivity index (χ3n) is 3.55. The minimum atomic E-state index is -0.748. The lowest BCUT2D eigenvalue weighted by atomic mass is 10.1. The molecule has 0 bridgehead atoms. The summed E-state index contributed by atoms with van der Waals surface area (Å²) in [6, 6.07) is 1.80. The van der Waals surface area contributed by atoms with Gasteiger partial charge >= 0.3 is 0 Å². The number of carbonyl (C=O) groups is 1. The standard InChI is InChI=1S/C14H17F2NO2/c15-12-6-10(8-18)7-13(16)14(12)17-5-3-1-2-4-11(17)9-19/h6-8,11,19H,1-5,9H2. The van der Waals surface area contributed by atoms with Crippen LogP contribution in [-0.4, -0.2) is 30.6 Å². The Morgan fingerprint density at radius 2 is 1.95 bits per heavy atom. The maximum Gasteiger partial charge on any atom is 0.150 e.